The fourth-order valence-electron chi connectivity index (χ4n) is 1.73. The molecule has 0 spiro atoms. The van der Waals surface area contributed by atoms with E-state index in [-0.39, 0.29) is 18.8 Å². The van der Waals surface area contributed by atoms with Crippen LogP contribution < -0.4 is 5.32 Å². The predicted molar refractivity (Wildman–Crippen MR) is 48.9 cm³/mol. The zero-order chi connectivity index (χ0) is 12.3. The number of hydrogen-bond donors (Lipinski definition) is 3. The van der Waals surface area contributed by atoms with Crippen LogP contribution in [0.1, 0.15) is 24.6 Å². The van der Waals surface area contributed by atoms with Gasteiger partial charge < -0.3 is 15.5 Å². The second-order valence-electron chi connectivity index (χ2n) is 3.15. The molecule has 0 aromatic rings. The summed E-state index contributed by atoms with van der Waals surface area (Å²) in [5.41, 5.74) is 0. The van der Waals surface area contributed by atoms with E-state index in [2.05, 4.69) is 5.32 Å². The molecule has 2 heterocycles. The minimum atomic E-state index is -2.29. The van der Waals surface area contributed by atoms with E-state index in [1.165, 1.54) is 0 Å². The second kappa shape index (κ2) is 3.82. The van der Waals surface area contributed by atoms with Crippen LogP contribution in [0.25, 0.3) is 0 Å². The summed E-state index contributed by atoms with van der Waals surface area (Å²) in [6, 6.07) is -2.02. The van der Waals surface area contributed by atoms with Gasteiger partial charge in [0.25, 0.3) is 0 Å². The van der Waals surface area contributed by atoms with Crippen LogP contribution in [0, 0.1) is 5.92 Å². The molecule has 0 radical (unpaired) electrons. The van der Waals surface area contributed by atoms with Crippen molar-refractivity contribution >= 4 is 18.4 Å². The smallest absolute Gasteiger partial charge is 0.310 e. The first-order chi connectivity index (χ1) is 7.19. The fourth-order valence-corrected chi connectivity index (χ4v) is 1.73. The molecule has 2 aliphatic rings. The van der Waals surface area contributed by atoms with Gasteiger partial charge in [-0.3, -0.25) is 4.79 Å². The van der Waals surface area contributed by atoms with Crippen LogP contribution in [0.5, 0.6) is 0 Å². The van der Waals surface area contributed by atoms with Crippen molar-refractivity contribution in [2.45, 2.75) is 37.4 Å². The summed E-state index contributed by atoms with van der Waals surface area (Å²) in [5, 5.41) is 21.2. The molecule has 4 atom stereocenters. The maximum atomic E-state index is 11.0. The Morgan fingerprint density at radius 2 is 2.23 bits per heavy atom. The molecule has 4 nitrogen and oxygen atoms in total. The number of carboxylic acids is 1. The Labute approximate surface area is 88.4 Å². The largest absolute Gasteiger partial charge is 0.481 e. The summed E-state index contributed by atoms with van der Waals surface area (Å²) >= 11 is 0. The van der Waals surface area contributed by atoms with Crippen molar-refractivity contribution in [3.05, 3.63) is 0 Å². The van der Waals surface area contributed by atoms with E-state index in [9.17, 15) is 9.90 Å². The Bertz CT molecular complexity index is 341. The minimum Gasteiger partial charge on any atom is -0.481 e. The van der Waals surface area contributed by atoms with E-state index in [1.807, 2.05) is 0 Å². The molecule has 2 aliphatic heterocycles. The summed E-state index contributed by atoms with van der Waals surface area (Å²) in [5.74, 6) is -2.60. The number of aliphatic hydroxyl groups is 1. The first kappa shape index (κ1) is 6.22. The molecule has 2 bridgehead atoms. The molecule has 2 saturated heterocycles. The molecule has 2 fully saturated rings. The van der Waals surface area contributed by atoms with Gasteiger partial charge in [0, 0.05) is 17.6 Å². The third-order valence-corrected chi connectivity index (χ3v) is 2.33. The maximum Gasteiger partial charge on any atom is 0.310 e. The van der Waals surface area contributed by atoms with E-state index in [0.29, 0.717) is 0 Å². The zero-order valence-corrected chi connectivity index (χ0v) is 7.54. The first-order valence-electron chi connectivity index (χ1n) is 5.86. The molecule has 3 N–H and O–H groups in total. The molecule has 13 heavy (non-hydrogen) atoms. The average Bonchev–Trinajstić information content (AvgIpc) is 2.26. The van der Waals surface area contributed by atoms with Gasteiger partial charge in [0.05, 0.1) is 12.0 Å². The number of halogens is 1. The number of rotatable bonds is 1. The van der Waals surface area contributed by atoms with Crippen LogP contribution in [0.15, 0.2) is 0 Å². The number of aliphatic carboxylic acids is 1. The van der Waals surface area contributed by atoms with Crippen LogP contribution in [-0.4, -0.2) is 34.4 Å². The molecule has 0 aromatic carbocycles. The van der Waals surface area contributed by atoms with Gasteiger partial charge >= 0.3 is 5.97 Å². The number of fused-ring (bicyclic) bond motifs is 2. The zero-order valence-electron chi connectivity index (χ0n) is 10.7. The quantitative estimate of drug-likeness (QED) is 0.571. The molecular weight excluding hydrogens is 194 g/mol. The fraction of sp³-hybridized carbons (Fsp3) is 0.875. The maximum absolute atomic E-state index is 11.0. The average molecular weight is 212 g/mol. The van der Waals surface area contributed by atoms with Crippen molar-refractivity contribution in [1.29, 1.82) is 0 Å². The highest BCUT2D eigenvalue weighted by Gasteiger charge is 2.44. The lowest BCUT2D eigenvalue weighted by molar-refractivity contribution is -0.148. The molecule has 0 saturated carbocycles. The lowest BCUT2D eigenvalue weighted by Crippen LogP contribution is -2.51. The number of hydrogen-bond acceptors (Lipinski definition) is 3. The summed E-state index contributed by atoms with van der Waals surface area (Å²) in [6.45, 7) is 0. The van der Waals surface area contributed by atoms with E-state index in [4.69, 9.17) is 10.6 Å². The third-order valence-electron chi connectivity index (χ3n) is 2.33. The third kappa shape index (κ3) is 1.80. The van der Waals surface area contributed by atoms with Gasteiger partial charge in [-0.15, -0.1) is 12.4 Å². The first-order valence-corrected chi connectivity index (χ1v) is 3.86. The lowest BCUT2D eigenvalue weighted by atomic mass is 9.89. The Hall–Kier alpha value is -0.320. The van der Waals surface area contributed by atoms with Gasteiger partial charge in [-0.25, -0.2) is 0 Å². The monoisotopic (exact) mass is 211 g/mol. The van der Waals surface area contributed by atoms with E-state index >= 15 is 0 Å². The van der Waals surface area contributed by atoms with Crippen LogP contribution in [0.2, 0.25) is 0 Å². The number of carboxylic acid groups (broad SMARTS) is 1. The minimum absolute atomic E-state index is 0. The van der Waals surface area contributed by atoms with Crippen LogP contribution in [-0.2, 0) is 4.79 Å². The summed E-state index contributed by atoms with van der Waals surface area (Å²) in [4.78, 5) is 11.0. The SMILES string of the molecule is Cl.[2H]C1([2H])C2CC(O)C(C(=O)O)C(N2)C1([2H])[2H]. The predicted octanol–water partition coefficient (Wildman–Crippen LogP) is -0.00580. The van der Waals surface area contributed by atoms with Crippen LogP contribution in [0.3, 0.4) is 0 Å². The molecule has 0 amide bonds. The Balaban J connectivity index is 0.00000144. The number of carbonyl (C=O) groups is 1. The highest BCUT2D eigenvalue weighted by Crippen LogP contribution is 2.31. The Morgan fingerprint density at radius 3 is 2.85 bits per heavy atom. The van der Waals surface area contributed by atoms with Gasteiger partial charge in [-0.2, -0.15) is 0 Å². The molecule has 2 rings (SSSR count). The molecule has 5 heteroatoms. The van der Waals surface area contributed by atoms with E-state index < -0.39 is 42.8 Å². The lowest BCUT2D eigenvalue weighted by Gasteiger charge is -2.31. The van der Waals surface area contributed by atoms with E-state index in [0.717, 1.165) is 0 Å². The topological polar surface area (TPSA) is 69.6 Å². The van der Waals surface area contributed by atoms with Crippen LogP contribution in [0.4, 0.5) is 0 Å². The highest BCUT2D eigenvalue weighted by atomic mass is 35.5. The van der Waals surface area contributed by atoms with Crippen molar-refractivity contribution in [1.82, 2.24) is 5.32 Å². The van der Waals surface area contributed by atoms with Crippen molar-refractivity contribution in [2.24, 2.45) is 5.92 Å². The molecule has 0 aliphatic carbocycles. The van der Waals surface area contributed by atoms with Crippen molar-refractivity contribution < 1.29 is 20.5 Å². The van der Waals surface area contributed by atoms with Gasteiger partial charge in [0.1, 0.15) is 0 Å². The number of nitrogens with one attached hydrogen (secondary N) is 1. The van der Waals surface area contributed by atoms with Crippen LogP contribution >= 0.6 is 12.4 Å². The summed E-state index contributed by atoms with van der Waals surface area (Å²) < 4.78 is 30.7. The Morgan fingerprint density at radius 1 is 1.54 bits per heavy atom. The second-order valence-corrected chi connectivity index (χ2v) is 3.15. The van der Waals surface area contributed by atoms with Gasteiger partial charge in [-0.1, -0.05) is 0 Å². The summed E-state index contributed by atoms with van der Waals surface area (Å²) in [6.07, 6.45) is -5.75. The summed E-state index contributed by atoms with van der Waals surface area (Å²) in [7, 11) is 0. The number of piperidine rings is 1. The van der Waals surface area contributed by atoms with Gasteiger partial charge in [-0.05, 0) is 19.2 Å². The van der Waals surface area contributed by atoms with Crippen molar-refractivity contribution in [3.8, 4) is 0 Å². The molecule has 0 aromatic heterocycles. The molecule has 76 valence electrons. The van der Waals surface area contributed by atoms with Crippen molar-refractivity contribution in [2.75, 3.05) is 0 Å². The number of aliphatic hydroxyl groups excluding tert-OH is 1. The van der Waals surface area contributed by atoms with Gasteiger partial charge in [0.15, 0.2) is 0 Å². The Kier molecular flexibility index (Phi) is 1.83. The van der Waals surface area contributed by atoms with Gasteiger partial charge in [0.2, 0.25) is 0 Å². The molecular formula is C8H14ClNO3. The highest BCUT2D eigenvalue weighted by molar-refractivity contribution is 5.85. The van der Waals surface area contributed by atoms with E-state index in [1.54, 1.807) is 0 Å². The van der Waals surface area contributed by atoms with Crippen molar-refractivity contribution in [3.63, 3.8) is 0 Å². The normalized spacial score (nSPS) is 54.8. The molecule has 4 unspecified atom stereocenters. The standard InChI is InChI=1S/C8H13NO3.ClH/c10-6-3-4-1-2-5(9-4)7(6)8(11)12;/h4-7,9-10H,1-3H2,(H,11,12);1H/i1D2,2D2;.